The normalized spacial score (nSPS) is 11.0. The summed E-state index contributed by atoms with van der Waals surface area (Å²) in [7, 11) is 0. The lowest BCUT2D eigenvalue weighted by molar-refractivity contribution is -0.116. The molecule has 0 saturated heterocycles. The minimum atomic E-state index is -0.667. The van der Waals surface area contributed by atoms with Gasteiger partial charge < -0.3 is 32.6 Å². The van der Waals surface area contributed by atoms with Crippen molar-refractivity contribution in [3.8, 4) is 5.75 Å². The largest absolute Gasteiger partial charge is 0.493 e. The minimum Gasteiger partial charge on any atom is -0.493 e. The molecule has 1 aromatic carbocycles. The number of rotatable bonds is 8. The number of carbonyl (C=O) groups excluding carboxylic acids is 2. The number of aliphatic imine (C=N–C) groups is 1. The lowest BCUT2D eigenvalue weighted by atomic mass is 10.1. The first-order chi connectivity index (χ1) is 24.5. The molecule has 0 bridgehead atoms. The number of fused-ring (bicyclic) bond motifs is 1. The number of halogens is 3. The molecular formula is C33H44Cl3N13O3. The van der Waals surface area contributed by atoms with E-state index >= 15 is 0 Å². The average molecular weight is 777 g/mol. The molecule has 16 nitrogen and oxygen atoms in total. The Labute approximate surface area is 318 Å². The lowest BCUT2D eigenvalue weighted by Gasteiger charge is -2.21. The van der Waals surface area contributed by atoms with Gasteiger partial charge >= 0.3 is 0 Å². The summed E-state index contributed by atoms with van der Waals surface area (Å²) in [5.74, 6) is 0.480. The lowest BCUT2D eigenvalue weighted by Crippen LogP contribution is -2.37. The molecule has 5 rings (SSSR count). The maximum absolute atomic E-state index is 13.2. The van der Waals surface area contributed by atoms with Crippen molar-refractivity contribution in [2.75, 3.05) is 28.7 Å². The van der Waals surface area contributed by atoms with Crippen LogP contribution in [0.5, 0.6) is 5.75 Å². The van der Waals surface area contributed by atoms with Crippen LogP contribution in [0.15, 0.2) is 60.0 Å². The highest BCUT2D eigenvalue weighted by Gasteiger charge is 2.24. The molecule has 0 spiro atoms. The van der Waals surface area contributed by atoms with Crippen molar-refractivity contribution in [1.29, 1.82) is 0 Å². The van der Waals surface area contributed by atoms with Crippen LogP contribution >= 0.6 is 34.8 Å². The van der Waals surface area contributed by atoms with Gasteiger partial charge in [-0.25, -0.2) is 24.9 Å². The number of nitrogens with two attached hydrogens (primary N) is 3. The van der Waals surface area contributed by atoms with Gasteiger partial charge in [0.15, 0.2) is 5.96 Å². The number of carbonyl (C=O) groups is 2. The zero-order valence-corrected chi connectivity index (χ0v) is 32.0. The molecule has 4 aromatic rings. The van der Waals surface area contributed by atoms with E-state index in [-0.39, 0.29) is 29.6 Å². The first kappa shape index (κ1) is 43.3. The molecule has 2 amide bonds. The van der Waals surface area contributed by atoms with Gasteiger partial charge in [-0.05, 0) is 87.3 Å². The van der Waals surface area contributed by atoms with Gasteiger partial charge in [-0.3, -0.25) is 14.5 Å². The van der Waals surface area contributed by atoms with E-state index in [9.17, 15) is 9.59 Å². The van der Waals surface area contributed by atoms with Crippen LogP contribution in [-0.2, 0) is 11.2 Å². The topological polar surface area (TPSA) is 238 Å². The summed E-state index contributed by atoms with van der Waals surface area (Å²) >= 11 is 16.4. The number of nitrogens with zero attached hydrogens (tertiary/aromatic N) is 8. The van der Waals surface area contributed by atoms with Crippen LogP contribution in [0, 0.1) is 0 Å². The maximum Gasteiger partial charge on any atom is 0.268 e. The van der Waals surface area contributed by atoms with Gasteiger partial charge in [0, 0.05) is 42.7 Å². The van der Waals surface area contributed by atoms with E-state index in [2.05, 4.69) is 45.5 Å². The Bertz CT molecular complexity index is 1750. The molecule has 0 aliphatic carbocycles. The van der Waals surface area contributed by atoms with Gasteiger partial charge in [-0.15, -0.1) is 0 Å². The number of nitrogens with one attached hydrogen (secondary N) is 2. The molecule has 0 saturated carbocycles. The molecule has 1 aliphatic heterocycles. The fourth-order valence-electron chi connectivity index (χ4n) is 3.85. The average Bonchev–Trinajstić information content (AvgIpc) is 3.51. The summed E-state index contributed by atoms with van der Waals surface area (Å²) in [5, 5.41) is 7.11. The van der Waals surface area contributed by atoms with E-state index in [1.54, 1.807) is 42.6 Å². The minimum absolute atomic E-state index is 0.0920. The Kier molecular flexibility index (Phi) is 18.4. The number of hydrogen-bond acceptors (Lipinski definition) is 12. The monoisotopic (exact) mass is 775 g/mol. The number of aromatic nitrogens is 6. The summed E-state index contributed by atoms with van der Waals surface area (Å²) in [4.78, 5) is 53.8. The number of ether oxygens (including phenoxy) is 1. The molecule has 4 heterocycles. The maximum atomic E-state index is 13.2. The van der Waals surface area contributed by atoms with Crippen molar-refractivity contribution in [2.45, 2.75) is 66.1 Å². The summed E-state index contributed by atoms with van der Waals surface area (Å²) in [6, 6.07) is 10.7. The SMILES string of the molecule is CC(C)N.CC(C)Nc1nccc(Cl)n1.CC(C)Nc1nccc(N(CC(=O)N=C(N)N)C(=O)c2ccc3c(c2)CCO3)n1.Clc1ccnc(Cl)n1. The van der Waals surface area contributed by atoms with Crippen molar-refractivity contribution in [1.82, 2.24) is 29.9 Å². The van der Waals surface area contributed by atoms with Crippen molar-refractivity contribution in [3.63, 3.8) is 0 Å². The van der Waals surface area contributed by atoms with E-state index in [1.807, 2.05) is 41.5 Å². The Morgan fingerprint density at radius 2 is 1.40 bits per heavy atom. The van der Waals surface area contributed by atoms with Gasteiger partial charge in [0.05, 0.1) is 6.61 Å². The predicted molar refractivity (Wildman–Crippen MR) is 206 cm³/mol. The van der Waals surface area contributed by atoms with Gasteiger partial charge in [0.1, 0.15) is 28.4 Å². The molecule has 0 radical (unpaired) electrons. The van der Waals surface area contributed by atoms with Crippen LogP contribution in [0.4, 0.5) is 17.7 Å². The molecule has 3 aromatic heterocycles. The van der Waals surface area contributed by atoms with Crippen molar-refractivity contribution in [3.05, 3.63) is 81.7 Å². The third-order valence-corrected chi connectivity index (χ3v) is 6.30. The molecule has 0 atom stereocenters. The molecular weight excluding hydrogens is 733 g/mol. The quantitative estimate of drug-likeness (QED) is 0.0702. The highest BCUT2D eigenvalue weighted by atomic mass is 35.5. The summed E-state index contributed by atoms with van der Waals surface area (Å²) in [6.45, 7) is 12.0. The first-order valence-electron chi connectivity index (χ1n) is 16.0. The van der Waals surface area contributed by atoms with Gasteiger partial charge in [-0.2, -0.15) is 9.98 Å². The zero-order valence-electron chi connectivity index (χ0n) is 29.7. The molecule has 19 heteroatoms. The smallest absolute Gasteiger partial charge is 0.268 e. The van der Waals surface area contributed by atoms with Crippen molar-refractivity contribution < 1.29 is 14.3 Å². The Morgan fingerprint density at radius 1 is 0.846 bits per heavy atom. The summed E-state index contributed by atoms with van der Waals surface area (Å²) < 4.78 is 5.49. The Morgan fingerprint density at radius 3 is 1.92 bits per heavy atom. The second-order valence-corrected chi connectivity index (χ2v) is 12.8. The number of guanidine groups is 1. The van der Waals surface area contributed by atoms with E-state index in [1.165, 1.54) is 17.3 Å². The second kappa shape index (κ2) is 22.1. The zero-order chi connectivity index (χ0) is 38.8. The van der Waals surface area contributed by atoms with E-state index < -0.39 is 11.8 Å². The predicted octanol–water partition coefficient (Wildman–Crippen LogP) is 4.77. The van der Waals surface area contributed by atoms with Crippen LogP contribution in [0.25, 0.3) is 0 Å². The van der Waals surface area contributed by atoms with Crippen molar-refractivity contribution in [2.24, 2.45) is 22.2 Å². The van der Waals surface area contributed by atoms with Crippen LogP contribution < -0.4 is 37.5 Å². The van der Waals surface area contributed by atoms with Crippen LogP contribution in [0.3, 0.4) is 0 Å². The van der Waals surface area contributed by atoms with E-state index in [0.29, 0.717) is 46.5 Å². The number of amides is 2. The van der Waals surface area contributed by atoms with Gasteiger partial charge in [0.2, 0.25) is 17.2 Å². The summed E-state index contributed by atoms with van der Waals surface area (Å²) in [5.41, 5.74) is 17.0. The molecule has 1 aliphatic rings. The highest BCUT2D eigenvalue weighted by Crippen LogP contribution is 2.27. The number of anilines is 3. The van der Waals surface area contributed by atoms with Crippen LogP contribution in [-0.4, -0.2) is 79.0 Å². The fraction of sp³-hybridized carbons (Fsp3) is 0.364. The fourth-order valence-corrected chi connectivity index (χ4v) is 4.32. The van der Waals surface area contributed by atoms with E-state index in [0.717, 1.165) is 17.7 Å². The molecule has 8 N–H and O–H groups in total. The standard InChI is InChI=1S/C19H23N7O3.C7H10ClN3.C4H2Cl2N2.C3H9N/c1-11(2)23-19-22-7-5-15(24-19)26(10-16(27)25-18(20)21)17(28)13-3-4-14-12(9-13)6-8-29-14;1-5(2)10-7-9-4-3-6(8)11-7;5-3-1-2-7-4(6)8-3;1-3(2)4/h3-5,7,9,11H,6,8,10H2,1-2H3,(H,22,23,24)(H4,20,21,25,27);3-5H,1-2H3,(H,9,10,11);1-2H;3H,4H2,1-2H3. The van der Waals surface area contributed by atoms with Gasteiger partial charge in [0.25, 0.3) is 11.8 Å². The van der Waals surface area contributed by atoms with Crippen LogP contribution in [0.1, 0.15) is 57.5 Å². The van der Waals surface area contributed by atoms with Crippen molar-refractivity contribution >= 4 is 70.3 Å². The number of benzene rings is 1. The Balaban J connectivity index is 0.000000329. The molecule has 0 unspecified atom stereocenters. The highest BCUT2D eigenvalue weighted by molar-refractivity contribution is 6.31. The molecule has 0 fully saturated rings. The number of hydrogen-bond donors (Lipinski definition) is 5. The first-order valence-corrected chi connectivity index (χ1v) is 17.1. The third kappa shape index (κ3) is 16.9. The van der Waals surface area contributed by atoms with E-state index in [4.69, 9.17) is 56.7 Å². The Hall–Kier alpha value is -4.90. The molecule has 280 valence electrons. The van der Waals surface area contributed by atoms with Gasteiger partial charge in [-0.1, -0.05) is 37.0 Å². The second-order valence-electron chi connectivity index (χ2n) is 11.7. The summed E-state index contributed by atoms with van der Waals surface area (Å²) in [6.07, 6.45) is 5.35. The van der Waals surface area contributed by atoms with Crippen LogP contribution in [0.2, 0.25) is 15.6 Å². The third-order valence-electron chi connectivity index (χ3n) is 5.70. The molecule has 52 heavy (non-hydrogen) atoms.